The van der Waals surface area contributed by atoms with Crippen LogP contribution in [0.25, 0.3) is 0 Å². The maximum atomic E-state index is 12.3. The van der Waals surface area contributed by atoms with Crippen LogP contribution in [-0.2, 0) is 16.0 Å². The van der Waals surface area contributed by atoms with Gasteiger partial charge in [0, 0.05) is 32.1 Å². The quantitative estimate of drug-likeness (QED) is 0.772. The van der Waals surface area contributed by atoms with Crippen LogP contribution in [0.5, 0.6) is 5.75 Å². The number of carbonyl (C=O) groups excluding carboxylic acids is 2. The second kappa shape index (κ2) is 9.76. The Morgan fingerprint density at radius 1 is 1.04 bits per heavy atom. The van der Waals surface area contributed by atoms with E-state index >= 15 is 0 Å². The number of methoxy groups -OCH3 is 1. The van der Waals surface area contributed by atoms with Gasteiger partial charge in [-0.15, -0.1) is 0 Å². The number of anilines is 1. The van der Waals surface area contributed by atoms with Crippen LogP contribution in [0.2, 0.25) is 0 Å². The summed E-state index contributed by atoms with van der Waals surface area (Å²) in [5, 5.41) is 2.91. The van der Waals surface area contributed by atoms with Crippen LogP contribution in [0.15, 0.2) is 42.5 Å². The average Bonchev–Trinajstić information content (AvgIpc) is 2.60. The maximum Gasteiger partial charge on any atom is 0.226 e. The van der Waals surface area contributed by atoms with Gasteiger partial charge in [0.05, 0.1) is 7.11 Å². The van der Waals surface area contributed by atoms with E-state index in [-0.39, 0.29) is 18.2 Å². The minimum absolute atomic E-state index is 0.0305. The van der Waals surface area contributed by atoms with Crippen LogP contribution in [0.1, 0.15) is 30.0 Å². The van der Waals surface area contributed by atoms with E-state index in [2.05, 4.69) is 11.4 Å². The Morgan fingerprint density at radius 2 is 1.74 bits per heavy atom. The Labute approximate surface area is 161 Å². The Kier molecular flexibility index (Phi) is 7.41. The second-order valence-corrected chi connectivity index (χ2v) is 6.78. The third-order valence-electron chi connectivity index (χ3n) is 4.36. The van der Waals surface area contributed by atoms with Gasteiger partial charge in [0.15, 0.2) is 0 Å². The molecule has 2 aromatic carbocycles. The summed E-state index contributed by atoms with van der Waals surface area (Å²) in [6.45, 7) is 6.50. The number of aryl methyl sites for hydroxylation is 2. The van der Waals surface area contributed by atoms with Crippen molar-refractivity contribution < 1.29 is 14.3 Å². The number of ether oxygens (including phenoxy) is 1. The Hall–Kier alpha value is -2.82. The molecule has 2 aromatic rings. The van der Waals surface area contributed by atoms with Gasteiger partial charge in [0.25, 0.3) is 0 Å². The van der Waals surface area contributed by atoms with E-state index in [4.69, 9.17) is 4.74 Å². The molecule has 0 aliphatic carbocycles. The fourth-order valence-electron chi connectivity index (χ4n) is 3.03. The van der Waals surface area contributed by atoms with Crippen molar-refractivity contribution in [1.29, 1.82) is 0 Å². The van der Waals surface area contributed by atoms with Crippen LogP contribution in [0, 0.1) is 13.8 Å². The summed E-state index contributed by atoms with van der Waals surface area (Å²) in [6, 6.07) is 13.7. The highest BCUT2D eigenvalue weighted by Gasteiger charge is 2.12. The number of benzene rings is 2. The van der Waals surface area contributed by atoms with Crippen molar-refractivity contribution in [2.45, 2.75) is 33.6 Å². The maximum absolute atomic E-state index is 12.3. The van der Waals surface area contributed by atoms with Gasteiger partial charge in [-0.1, -0.05) is 18.2 Å². The van der Waals surface area contributed by atoms with E-state index in [1.807, 2.05) is 50.2 Å². The molecule has 5 heteroatoms. The second-order valence-electron chi connectivity index (χ2n) is 6.78. The molecule has 0 bridgehead atoms. The molecule has 0 aliphatic rings. The largest absolute Gasteiger partial charge is 0.497 e. The number of hydrogen-bond donors (Lipinski definition) is 1. The molecule has 0 atom stereocenters. The highest BCUT2D eigenvalue weighted by atomic mass is 16.5. The lowest BCUT2D eigenvalue weighted by atomic mass is 10.1. The van der Waals surface area contributed by atoms with E-state index in [1.165, 1.54) is 6.92 Å². The van der Waals surface area contributed by atoms with Gasteiger partial charge in [-0.3, -0.25) is 9.59 Å². The minimum Gasteiger partial charge on any atom is -0.497 e. The molecule has 1 N–H and O–H groups in total. The summed E-state index contributed by atoms with van der Waals surface area (Å²) >= 11 is 0. The molecule has 0 heterocycles. The first-order valence-corrected chi connectivity index (χ1v) is 9.14. The lowest BCUT2D eigenvalue weighted by Crippen LogP contribution is -2.33. The third-order valence-corrected chi connectivity index (χ3v) is 4.36. The SMILES string of the molecule is COc1cccc(CCN(CCC(=O)Nc2cc(C)cc(C)c2)C(C)=O)c1. The van der Waals surface area contributed by atoms with Crippen molar-refractivity contribution in [3.63, 3.8) is 0 Å². The Bertz CT molecular complexity index is 782. The van der Waals surface area contributed by atoms with Crippen molar-refractivity contribution in [2.24, 2.45) is 0 Å². The van der Waals surface area contributed by atoms with Gasteiger partial charge in [0.1, 0.15) is 5.75 Å². The summed E-state index contributed by atoms with van der Waals surface area (Å²) in [5.74, 6) is 0.680. The smallest absolute Gasteiger partial charge is 0.226 e. The zero-order chi connectivity index (χ0) is 19.8. The molecule has 2 amide bonds. The summed E-state index contributed by atoms with van der Waals surface area (Å²) in [6.07, 6.45) is 0.986. The summed E-state index contributed by atoms with van der Waals surface area (Å²) in [4.78, 5) is 25.9. The van der Waals surface area contributed by atoms with E-state index < -0.39 is 0 Å². The van der Waals surface area contributed by atoms with E-state index in [0.717, 1.165) is 34.5 Å². The molecular formula is C22H28N2O3. The van der Waals surface area contributed by atoms with E-state index in [1.54, 1.807) is 12.0 Å². The van der Waals surface area contributed by atoms with Gasteiger partial charge in [0.2, 0.25) is 11.8 Å². The normalized spacial score (nSPS) is 10.4. The van der Waals surface area contributed by atoms with E-state index in [0.29, 0.717) is 13.1 Å². The number of hydrogen-bond acceptors (Lipinski definition) is 3. The summed E-state index contributed by atoms with van der Waals surface area (Å²) in [7, 11) is 1.63. The fraction of sp³-hybridized carbons (Fsp3) is 0.364. The summed E-state index contributed by atoms with van der Waals surface area (Å²) in [5.41, 5.74) is 4.10. The fourth-order valence-corrected chi connectivity index (χ4v) is 3.03. The third kappa shape index (κ3) is 6.77. The van der Waals surface area contributed by atoms with Crippen molar-refractivity contribution in [1.82, 2.24) is 4.90 Å². The number of rotatable bonds is 8. The van der Waals surface area contributed by atoms with Gasteiger partial charge in [-0.05, 0) is 61.2 Å². The standard InChI is InChI=1S/C22H28N2O3/c1-16-12-17(2)14-20(13-16)23-22(26)9-11-24(18(3)25)10-8-19-6-5-7-21(15-19)27-4/h5-7,12-15H,8-11H2,1-4H3,(H,23,26). The molecule has 0 saturated heterocycles. The van der Waals surface area contributed by atoms with Gasteiger partial charge in [-0.25, -0.2) is 0 Å². The number of amides is 2. The minimum atomic E-state index is -0.0902. The molecule has 144 valence electrons. The molecule has 0 radical (unpaired) electrons. The summed E-state index contributed by atoms with van der Waals surface area (Å²) < 4.78 is 5.23. The molecule has 0 saturated carbocycles. The number of nitrogens with zero attached hydrogens (tertiary/aromatic N) is 1. The topological polar surface area (TPSA) is 58.6 Å². The first-order chi connectivity index (χ1) is 12.9. The lowest BCUT2D eigenvalue weighted by molar-refractivity contribution is -0.129. The molecular weight excluding hydrogens is 340 g/mol. The van der Waals surface area contributed by atoms with Crippen LogP contribution < -0.4 is 10.1 Å². The molecule has 0 unspecified atom stereocenters. The molecule has 0 spiro atoms. The molecule has 0 aromatic heterocycles. The van der Waals surface area contributed by atoms with Crippen molar-refractivity contribution in [2.75, 3.05) is 25.5 Å². The predicted octanol–water partition coefficient (Wildman–Crippen LogP) is 3.73. The van der Waals surface area contributed by atoms with Crippen LogP contribution in [-0.4, -0.2) is 36.9 Å². The van der Waals surface area contributed by atoms with E-state index in [9.17, 15) is 9.59 Å². The lowest BCUT2D eigenvalue weighted by Gasteiger charge is -2.21. The first-order valence-electron chi connectivity index (χ1n) is 9.14. The highest BCUT2D eigenvalue weighted by molar-refractivity contribution is 5.91. The highest BCUT2D eigenvalue weighted by Crippen LogP contribution is 2.15. The monoisotopic (exact) mass is 368 g/mol. The molecule has 27 heavy (non-hydrogen) atoms. The van der Waals surface area contributed by atoms with Crippen molar-refractivity contribution in [3.05, 3.63) is 59.2 Å². The van der Waals surface area contributed by atoms with Crippen LogP contribution in [0.4, 0.5) is 5.69 Å². The zero-order valence-electron chi connectivity index (χ0n) is 16.5. The van der Waals surface area contributed by atoms with Crippen molar-refractivity contribution >= 4 is 17.5 Å². The first kappa shape index (κ1) is 20.5. The predicted molar refractivity (Wildman–Crippen MR) is 108 cm³/mol. The molecule has 5 nitrogen and oxygen atoms in total. The molecule has 0 fully saturated rings. The van der Waals surface area contributed by atoms with Crippen LogP contribution in [0.3, 0.4) is 0 Å². The Morgan fingerprint density at radius 3 is 2.37 bits per heavy atom. The average molecular weight is 368 g/mol. The number of carbonyl (C=O) groups is 2. The van der Waals surface area contributed by atoms with Crippen LogP contribution >= 0.6 is 0 Å². The number of nitrogens with one attached hydrogen (secondary N) is 1. The molecule has 0 aliphatic heterocycles. The molecule has 2 rings (SSSR count). The zero-order valence-corrected chi connectivity index (χ0v) is 16.5. The van der Waals surface area contributed by atoms with Gasteiger partial charge in [-0.2, -0.15) is 0 Å². The van der Waals surface area contributed by atoms with Gasteiger partial charge >= 0.3 is 0 Å². The van der Waals surface area contributed by atoms with Gasteiger partial charge < -0.3 is 15.0 Å². The Balaban J connectivity index is 1.87. The van der Waals surface area contributed by atoms with Crippen molar-refractivity contribution in [3.8, 4) is 5.75 Å².